The molecule has 160 valence electrons. The lowest BCUT2D eigenvalue weighted by Gasteiger charge is -2.14. The minimum atomic E-state index is -4.37. The van der Waals surface area contributed by atoms with Gasteiger partial charge in [0.05, 0.1) is 23.2 Å². The van der Waals surface area contributed by atoms with E-state index in [1.165, 1.54) is 23.4 Å². The monoisotopic (exact) mass is 432 g/mol. The van der Waals surface area contributed by atoms with Crippen molar-refractivity contribution in [3.63, 3.8) is 0 Å². The zero-order valence-electron chi connectivity index (χ0n) is 17.2. The molecule has 0 saturated heterocycles. The van der Waals surface area contributed by atoms with E-state index >= 15 is 0 Å². The van der Waals surface area contributed by atoms with Crippen LogP contribution in [-0.4, -0.2) is 23.2 Å². The van der Waals surface area contributed by atoms with Crippen LogP contribution in [-0.2, 0) is 6.18 Å². The van der Waals surface area contributed by atoms with Crippen molar-refractivity contribution in [3.8, 4) is 22.5 Å². The molecule has 0 atom stereocenters. The number of aromatic nitrogens is 2. The van der Waals surface area contributed by atoms with Crippen LogP contribution in [0.1, 0.15) is 11.1 Å². The number of benzene rings is 3. The maximum atomic E-state index is 12.8. The first-order chi connectivity index (χ1) is 15.4. The third-order valence-corrected chi connectivity index (χ3v) is 4.76. The van der Waals surface area contributed by atoms with Crippen molar-refractivity contribution in [1.29, 1.82) is 0 Å². The summed E-state index contributed by atoms with van der Waals surface area (Å²) in [6, 6.07) is 26.2. The molecule has 0 radical (unpaired) electrons. The van der Waals surface area contributed by atoms with Gasteiger partial charge in [-0.3, -0.25) is 0 Å². The largest absolute Gasteiger partial charge is 0.416 e. The third-order valence-electron chi connectivity index (χ3n) is 4.76. The van der Waals surface area contributed by atoms with Crippen molar-refractivity contribution < 1.29 is 13.2 Å². The van der Waals surface area contributed by atoms with Crippen LogP contribution in [0.2, 0.25) is 0 Å². The minimum absolute atomic E-state index is 0.369. The lowest BCUT2D eigenvalue weighted by Crippen LogP contribution is -2.13. The van der Waals surface area contributed by atoms with Crippen LogP contribution in [0.3, 0.4) is 0 Å². The van der Waals surface area contributed by atoms with Gasteiger partial charge in [-0.25, -0.2) is 15.0 Å². The predicted molar refractivity (Wildman–Crippen MR) is 120 cm³/mol. The second-order valence-electron chi connectivity index (χ2n) is 7.06. The van der Waals surface area contributed by atoms with Crippen molar-refractivity contribution in [1.82, 2.24) is 9.97 Å². The highest BCUT2D eigenvalue weighted by Crippen LogP contribution is 2.29. The lowest BCUT2D eigenvalue weighted by atomic mass is 10.1. The van der Waals surface area contributed by atoms with E-state index in [-0.39, 0.29) is 0 Å². The van der Waals surface area contributed by atoms with Crippen LogP contribution in [0.25, 0.3) is 22.5 Å². The van der Waals surface area contributed by atoms with Crippen LogP contribution in [0, 0.1) is 0 Å². The Morgan fingerprint density at radius 1 is 0.750 bits per heavy atom. The van der Waals surface area contributed by atoms with E-state index in [4.69, 9.17) is 0 Å². The van der Waals surface area contributed by atoms with Gasteiger partial charge < -0.3 is 0 Å². The quantitative estimate of drug-likeness (QED) is 0.275. The van der Waals surface area contributed by atoms with Gasteiger partial charge in [0, 0.05) is 18.2 Å². The molecule has 32 heavy (non-hydrogen) atoms. The molecule has 0 fully saturated rings. The molecule has 0 unspecified atom stereocenters. The van der Waals surface area contributed by atoms with Gasteiger partial charge in [-0.05, 0) is 23.8 Å². The smallest absolute Gasteiger partial charge is 0.235 e. The average molecular weight is 432 g/mol. The second kappa shape index (κ2) is 9.01. The fraction of sp³-hybridized carbons (Fsp3) is 0.0800. The fourth-order valence-corrected chi connectivity index (χ4v) is 3.06. The Labute approximate surface area is 183 Å². The Morgan fingerprint density at radius 2 is 1.25 bits per heavy atom. The van der Waals surface area contributed by atoms with Gasteiger partial charge in [-0.2, -0.15) is 18.3 Å². The summed E-state index contributed by atoms with van der Waals surface area (Å²) in [5, 5.41) is 5.82. The summed E-state index contributed by atoms with van der Waals surface area (Å²) < 4.78 is 38.3. The van der Waals surface area contributed by atoms with Crippen molar-refractivity contribution in [2.45, 2.75) is 6.18 Å². The van der Waals surface area contributed by atoms with Crippen LogP contribution in [0.4, 0.5) is 19.1 Å². The van der Waals surface area contributed by atoms with Gasteiger partial charge in [0.15, 0.2) is 0 Å². The molecule has 4 aromatic rings. The first-order valence-electron chi connectivity index (χ1n) is 9.85. The van der Waals surface area contributed by atoms with Crippen LogP contribution < -0.4 is 5.01 Å². The van der Waals surface area contributed by atoms with Crippen molar-refractivity contribution in [2.24, 2.45) is 5.10 Å². The Morgan fingerprint density at radius 3 is 1.72 bits per heavy atom. The number of hydrazone groups is 1. The first kappa shape index (κ1) is 21.2. The SMILES string of the molecule is CN(N=Cc1ccc(C(F)(F)F)cc1)c1nc(-c2ccccc2)cc(-c2ccccc2)n1. The first-order valence-corrected chi connectivity index (χ1v) is 9.85. The summed E-state index contributed by atoms with van der Waals surface area (Å²) in [4.78, 5) is 9.28. The van der Waals surface area contributed by atoms with Gasteiger partial charge in [0.25, 0.3) is 0 Å². The summed E-state index contributed by atoms with van der Waals surface area (Å²) >= 11 is 0. The molecular weight excluding hydrogens is 413 g/mol. The molecule has 0 aliphatic carbocycles. The fourth-order valence-electron chi connectivity index (χ4n) is 3.06. The number of halogens is 3. The van der Waals surface area contributed by atoms with E-state index in [1.807, 2.05) is 66.7 Å². The van der Waals surface area contributed by atoms with Crippen molar-refractivity contribution in [3.05, 3.63) is 102 Å². The molecule has 0 aliphatic rings. The average Bonchev–Trinajstić information content (AvgIpc) is 2.83. The highest BCUT2D eigenvalue weighted by Gasteiger charge is 2.29. The molecule has 3 aromatic carbocycles. The molecule has 4 rings (SSSR count). The molecule has 0 amide bonds. The molecule has 0 spiro atoms. The van der Waals surface area contributed by atoms with Crippen LogP contribution in [0.15, 0.2) is 96.1 Å². The Bertz CT molecular complexity index is 1150. The van der Waals surface area contributed by atoms with Gasteiger partial charge in [0.2, 0.25) is 5.95 Å². The Balaban J connectivity index is 1.66. The Hall–Kier alpha value is -4.00. The highest BCUT2D eigenvalue weighted by atomic mass is 19.4. The third kappa shape index (κ3) is 5.00. The second-order valence-corrected chi connectivity index (χ2v) is 7.06. The molecule has 7 heteroatoms. The van der Waals surface area contributed by atoms with E-state index in [1.54, 1.807) is 7.05 Å². The van der Waals surface area contributed by atoms with Crippen molar-refractivity contribution in [2.75, 3.05) is 12.1 Å². The number of nitrogens with zero attached hydrogens (tertiary/aromatic N) is 4. The molecule has 0 bridgehead atoms. The van der Waals surface area contributed by atoms with E-state index in [9.17, 15) is 13.2 Å². The maximum absolute atomic E-state index is 12.8. The number of rotatable bonds is 5. The molecule has 0 N–H and O–H groups in total. The van der Waals surface area contributed by atoms with E-state index < -0.39 is 11.7 Å². The predicted octanol–water partition coefficient (Wildman–Crippen LogP) is 6.30. The van der Waals surface area contributed by atoms with Crippen molar-refractivity contribution >= 4 is 12.2 Å². The van der Waals surface area contributed by atoms with E-state index in [2.05, 4.69) is 15.1 Å². The molecule has 0 saturated carbocycles. The van der Waals surface area contributed by atoms with E-state index in [0.29, 0.717) is 11.5 Å². The molecule has 1 heterocycles. The number of anilines is 1. The topological polar surface area (TPSA) is 41.4 Å². The van der Waals surface area contributed by atoms with Gasteiger partial charge in [-0.15, -0.1) is 0 Å². The summed E-state index contributed by atoms with van der Waals surface area (Å²) in [5.41, 5.74) is 3.20. The summed E-state index contributed by atoms with van der Waals surface area (Å²) in [6.07, 6.45) is -2.90. The normalized spacial score (nSPS) is 11.6. The van der Waals surface area contributed by atoms with Gasteiger partial charge in [0.1, 0.15) is 0 Å². The standard InChI is InChI=1S/C25H19F3N4/c1-32(29-17-18-12-14-21(15-13-18)25(26,27)28)24-30-22(19-8-4-2-5-9-19)16-23(31-24)20-10-6-3-7-11-20/h2-17H,1H3. The summed E-state index contributed by atoms with van der Waals surface area (Å²) in [7, 11) is 1.69. The number of hydrogen-bond donors (Lipinski definition) is 0. The van der Waals surface area contributed by atoms with Crippen LogP contribution >= 0.6 is 0 Å². The zero-order chi connectivity index (χ0) is 22.6. The number of hydrogen-bond acceptors (Lipinski definition) is 4. The summed E-state index contributed by atoms with van der Waals surface area (Å²) in [6.45, 7) is 0. The lowest BCUT2D eigenvalue weighted by molar-refractivity contribution is -0.137. The molecular formula is C25H19F3N4. The maximum Gasteiger partial charge on any atom is 0.416 e. The van der Waals surface area contributed by atoms with Gasteiger partial charge >= 0.3 is 6.18 Å². The highest BCUT2D eigenvalue weighted by molar-refractivity contribution is 5.80. The number of alkyl halides is 3. The van der Waals surface area contributed by atoms with Gasteiger partial charge in [-0.1, -0.05) is 72.8 Å². The van der Waals surface area contributed by atoms with Crippen LogP contribution in [0.5, 0.6) is 0 Å². The minimum Gasteiger partial charge on any atom is -0.235 e. The zero-order valence-corrected chi connectivity index (χ0v) is 17.2. The molecule has 0 aliphatic heterocycles. The van der Waals surface area contributed by atoms with E-state index in [0.717, 1.165) is 34.6 Å². The Kier molecular flexibility index (Phi) is 5.98. The summed E-state index contributed by atoms with van der Waals surface area (Å²) in [5.74, 6) is 0.369. The molecule has 1 aromatic heterocycles. The molecule has 4 nitrogen and oxygen atoms in total.